The molecule has 0 atom stereocenters. The molecule has 1 aromatic heterocycles. The fourth-order valence-corrected chi connectivity index (χ4v) is 1.96. The minimum atomic E-state index is -1.06. The van der Waals surface area contributed by atoms with Crippen LogP contribution < -0.4 is 4.74 Å². The van der Waals surface area contributed by atoms with Gasteiger partial charge in [0.05, 0.1) is 19.4 Å². The molecule has 1 N–H and O–H groups in total. The lowest BCUT2D eigenvalue weighted by Gasteiger charge is -2.08. The van der Waals surface area contributed by atoms with Crippen molar-refractivity contribution in [3.8, 4) is 5.75 Å². The third-order valence-electron chi connectivity index (χ3n) is 2.92. The monoisotopic (exact) mass is 303 g/mol. The maximum Gasteiger partial charge on any atom is 0.345 e. The Morgan fingerprint density at radius 3 is 2.91 bits per heavy atom. The summed E-state index contributed by atoms with van der Waals surface area (Å²) in [5.41, 5.74) is 1.30. The Kier molecular flexibility index (Phi) is 4.52. The summed E-state index contributed by atoms with van der Waals surface area (Å²) in [4.78, 5) is 20.9. The van der Waals surface area contributed by atoms with E-state index in [-0.39, 0.29) is 12.4 Å². The van der Waals surface area contributed by atoms with Crippen molar-refractivity contribution >= 4 is 17.9 Å². The summed E-state index contributed by atoms with van der Waals surface area (Å²) < 4.78 is 6.46. The minimum absolute atomic E-state index is 0.131. The first-order valence-corrected chi connectivity index (χ1v) is 6.25. The molecule has 1 heterocycles. The predicted molar refractivity (Wildman–Crippen MR) is 77.6 cm³/mol. The smallest absolute Gasteiger partial charge is 0.345 e. The van der Waals surface area contributed by atoms with Crippen LogP contribution >= 0.6 is 0 Å². The molecule has 2 rings (SSSR count). The number of methoxy groups -OCH3 is 1. The number of nitro groups is 1. The van der Waals surface area contributed by atoms with Crippen LogP contribution in [0.3, 0.4) is 0 Å². The van der Waals surface area contributed by atoms with E-state index >= 15 is 0 Å². The molecule has 2 aromatic rings. The lowest BCUT2D eigenvalue weighted by Crippen LogP contribution is -2.07. The van der Waals surface area contributed by atoms with Crippen LogP contribution in [0, 0.1) is 10.1 Å². The van der Waals surface area contributed by atoms with E-state index in [0.29, 0.717) is 16.9 Å². The molecule has 0 fully saturated rings. The van der Waals surface area contributed by atoms with Gasteiger partial charge < -0.3 is 20.0 Å². The van der Waals surface area contributed by atoms with Crippen molar-refractivity contribution in [2.45, 2.75) is 6.54 Å². The normalized spacial score (nSPS) is 10.8. The number of rotatable bonds is 6. The molecule has 0 bridgehead atoms. The van der Waals surface area contributed by atoms with Crippen molar-refractivity contribution < 1.29 is 19.6 Å². The molecular weight excluding hydrogens is 290 g/mol. The number of carboxylic acid groups (broad SMARTS) is 1. The van der Waals surface area contributed by atoms with E-state index in [9.17, 15) is 14.9 Å². The SMILES string of the molecule is COc1ccc(C=CC(=O)O)cc1Cn1nccc1[N+](=O)[O-]. The summed E-state index contributed by atoms with van der Waals surface area (Å²) in [7, 11) is 1.49. The van der Waals surface area contributed by atoms with E-state index in [1.807, 2.05) is 0 Å². The molecule has 0 saturated carbocycles. The first-order chi connectivity index (χ1) is 10.5. The highest BCUT2D eigenvalue weighted by molar-refractivity contribution is 5.85. The van der Waals surface area contributed by atoms with Crippen LogP contribution in [0.1, 0.15) is 11.1 Å². The van der Waals surface area contributed by atoms with Crippen LogP contribution in [-0.4, -0.2) is 32.9 Å². The molecule has 0 aliphatic rings. The van der Waals surface area contributed by atoms with Gasteiger partial charge in [0.25, 0.3) is 0 Å². The van der Waals surface area contributed by atoms with Crippen molar-refractivity contribution in [1.29, 1.82) is 0 Å². The zero-order valence-corrected chi connectivity index (χ0v) is 11.7. The number of aliphatic carboxylic acids is 1. The van der Waals surface area contributed by atoms with E-state index in [0.717, 1.165) is 6.08 Å². The molecular formula is C14H13N3O5. The van der Waals surface area contributed by atoms with E-state index < -0.39 is 10.9 Å². The molecule has 0 amide bonds. The molecule has 22 heavy (non-hydrogen) atoms. The molecule has 0 radical (unpaired) electrons. The second-order valence-corrected chi connectivity index (χ2v) is 4.35. The highest BCUT2D eigenvalue weighted by atomic mass is 16.6. The number of aromatic nitrogens is 2. The van der Waals surface area contributed by atoms with Gasteiger partial charge in [-0.25, -0.2) is 4.79 Å². The van der Waals surface area contributed by atoms with Crippen molar-refractivity contribution in [1.82, 2.24) is 9.78 Å². The Bertz CT molecular complexity index is 736. The summed E-state index contributed by atoms with van der Waals surface area (Å²) in [6.07, 6.45) is 3.80. The van der Waals surface area contributed by atoms with Gasteiger partial charge >= 0.3 is 11.8 Å². The first kappa shape index (κ1) is 15.2. The number of carboxylic acids is 1. The Balaban J connectivity index is 2.35. The van der Waals surface area contributed by atoms with Gasteiger partial charge in [-0.05, 0) is 28.7 Å². The average Bonchev–Trinajstić information content (AvgIpc) is 2.93. The van der Waals surface area contributed by atoms with Gasteiger partial charge in [0.15, 0.2) is 0 Å². The largest absolute Gasteiger partial charge is 0.496 e. The van der Waals surface area contributed by atoms with Gasteiger partial charge in [-0.1, -0.05) is 11.2 Å². The second kappa shape index (κ2) is 6.53. The summed E-state index contributed by atoms with van der Waals surface area (Å²) in [5.74, 6) is -0.647. The van der Waals surface area contributed by atoms with Crippen LogP contribution in [0.2, 0.25) is 0 Å². The number of hydrogen-bond donors (Lipinski definition) is 1. The molecule has 0 unspecified atom stereocenters. The number of ether oxygens (including phenoxy) is 1. The fourth-order valence-electron chi connectivity index (χ4n) is 1.96. The van der Waals surface area contributed by atoms with Crippen LogP contribution in [0.25, 0.3) is 6.08 Å². The maximum absolute atomic E-state index is 10.9. The molecule has 0 aliphatic carbocycles. The minimum Gasteiger partial charge on any atom is -0.496 e. The zero-order valence-electron chi connectivity index (χ0n) is 11.7. The van der Waals surface area contributed by atoms with Gasteiger partial charge in [-0.15, -0.1) is 4.68 Å². The standard InChI is InChI=1S/C14H13N3O5/c1-22-12-4-2-10(3-5-14(18)19)8-11(12)9-16-13(17(20)21)6-7-15-16/h2-8H,9H2,1H3,(H,18,19). The summed E-state index contributed by atoms with van der Waals surface area (Å²) >= 11 is 0. The van der Waals surface area contributed by atoms with Gasteiger partial charge in [0.1, 0.15) is 12.3 Å². The Morgan fingerprint density at radius 2 is 2.27 bits per heavy atom. The topological polar surface area (TPSA) is 107 Å². The van der Waals surface area contributed by atoms with Crippen molar-refractivity contribution in [2.24, 2.45) is 0 Å². The van der Waals surface area contributed by atoms with Crippen molar-refractivity contribution in [3.05, 3.63) is 57.8 Å². The molecule has 114 valence electrons. The molecule has 8 heteroatoms. The molecule has 0 saturated heterocycles. The average molecular weight is 303 g/mol. The van der Waals surface area contributed by atoms with E-state index in [1.165, 1.54) is 30.1 Å². The van der Waals surface area contributed by atoms with Gasteiger partial charge in [0, 0.05) is 11.6 Å². The quantitative estimate of drug-likeness (QED) is 0.496. The third-order valence-corrected chi connectivity index (χ3v) is 2.92. The van der Waals surface area contributed by atoms with E-state index in [2.05, 4.69) is 5.10 Å². The fraction of sp³-hybridized carbons (Fsp3) is 0.143. The van der Waals surface area contributed by atoms with Crippen molar-refractivity contribution in [3.63, 3.8) is 0 Å². The van der Waals surface area contributed by atoms with Crippen LogP contribution in [-0.2, 0) is 11.3 Å². The van der Waals surface area contributed by atoms with Gasteiger partial charge in [-0.3, -0.25) is 0 Å². The molecule has 8 nitrogen and oxygen atoms in total. The van der Waals surface area contributed by atoms with Gasteiger partial charge in [0.2, 0.25) is 0 Å². The number of benzene rings is 1. The van der Waals surface area contributed by atoms with Gasteiger partial charge in [-0.2, -0.15) is 0 Å². The van der Waals surface area contributed by atoms with Crippen LogP contribution in [0.15, 0.2) is 36.5 Å². The lowest BCUT2D eigenvalue weighted by molar-refractivity contribution is -0.392. The Labute approximate surface area is 125 Å². The zero-order chi connectivity index (χ0) is 16.1. The Morgan fingerprint density at radius 1 is 1.50 bits per heavy atom. The second-order valence-electron chi connectivity index (χ2n) is 4.35. The molecule has 0 aliphatic heterocycles. The van der Waals surface area contributed by atoms with Crippen LogP contribution in [0.4, 0.5) is 5.82 Å². The summed E-state index contributed by atoms with van der Waals surface area (Å²) in [5, 5.41) is 23.5. The van der Waals surface area contributed by atoms with Crippen LogP contribution in [0.5, 0.6) is 5.75 Å². The maximum atomic E-state index is 10.9. The van der Waals surface area contributed by atoms with Crippen molar-refractivity contribution in [2.75, 3.05) is 7.11 Å². The lowest BCUT2D eigenvalue weighted by atomic mass is 10.1. The molecule has 1 aromatic carbocycles. The number of hydrogen-bond acceptors (Lipinski definition) is 5. The summed E-state index contributed by atoms with van der Waals surface area (Å²) in [6, 6.07) is 6.37. The third kappa shape index (κ3) is 3.48. The first-order valence-electron chi connectivity index (χ1n) is 6.25. The predicted octanol–water partition coefficient (Wildman–Crippen LogP) is 1.95. The number of carbonyl (C=O) groups is 1. The molecule has 0 spiro atoms. The van der Waals surface area contributed by atoms with E-state index in [1.54, 1.807) is 18.2 Å². The highest BCUT2D eigenvalue weighted by Crippen LogP contribution is 2.23. The van der Waals surface area contributed by atoms with E-state index in [4.69, 9.17) is 9.84 Å². The summed E-state index contributed by atoms with van der Waals surface area (Å²) in [6.45, 7) is 0.140. The number of nitrogens with zero attached hydrogens (tertiary/aromatic N) is 3. The Hall–Kier alpha value is -3.16. The highest BCUT2D eigenvalue weighted by Gasteiger charge is 2.16.